The number of amides is 1. The first-order chi connectivity index (χ1) is 13.2. The average molecular weight is 514 g/mol. The van der Waals surface area contributed by atoms with Crippen LogP contribution in [0.1, 0.15) is 68.2 Å². The second-order valence-corrected chi connectivity index (χ2v) is 9.62. The maximum Gasteiger partial charge on any atom is 0.257 e. The molecule has 6 heteroatoms. The molecule has 1 N–H and O–H groups in total. The minimum absolute atomic E-state index is 0.191. The Morgan fingerprint density at radius 2 is 2.00 bits per heavy atom. The van der Waals surface area contributed by atoms with E-state index in [2.05, 4.69) is 70.1 Å². The van der Waals surface area contributed by atoms with E-state index in [1.54, 1.807) is 0 Å². The van der Waals surface area contributed by atoms with Crippen LogP contribution in [-0.2, 0) is 13.5 Å². The summed E-state index contributed by atoms with van der Waals surface area (Å²) in [6.07, 6.45) is 10.5. The summed E-state index contributed by atoms with van der Waals surface area (Å²) >= 11 is 7.22. The zero-order valence-electron chi connectivity index (χ0n) is 17.4. The molecule has 0 saturated heterocycles. The highest BCUT2D eigenvalue weighted by Gasteiger charge is 2.38. The fraction of sp³-hybridized carbons (Fsp3) is 0.545. The van der Waals surface area contributed by atoms with Crippen molar-refractivity contribution in [2.24, 2.45) is 7.05 Å². The van der Waals surface area contributed by atoms with Crippen LogP contribution in [0.4, 0.5) is 0 Å². The van der Waals surface area contributed by atoms with Gasteiger partial charge in [-0.25, -0.2) is 0 Å². The molecule has 154 valence electrons. The van der Waals surface area contributed by atoms with E-state index < -0.39 is 0 Å². The van der Waals surface area contributed by atoms with E-state index >= 15 is 0 Å². The van der Waals surface area contributed by atoms with Crippen molar-refractivity contribution in [3.63, 3.8) is 0 Å². The predicted molar refractivity (Wildman–Crippen MR) is 123 cm³/mol. The first kappa shape index (κ1) is 23.1. The molecule has 2 unspecified atom stereocenters. The number of allylic oxidation sites excluding steroid dienone is 2. The van der Waals surface area contributed by atoms with E-state index in [9.17, 15) is 9.59 Å². The van der Waals surface area contributed by atoms with Crippen molar-refractivity contribution in [3.8, 4) is 0 Å². The molecular formula is C22H30Br2N2O2. The van der Waals surface area contributed by atoms with Gasteiger partial charge in [0.2, 0.25) is 5.43 Å². The molecular weight excluding hydrogens is 484 g/mol. The van der Waals surface area contributed by atoms with Gasteiger partial charge in [0.1, 0.15) is 5.56 Å². The Bertz CT molecular complexity index is 870. The SMILES string of the molecule is CCCCc1c(C(=O)NC2C(CC)=CC=CC2(Br)CC)c(=O)c(Br)c(C)n1C. The second-order valence-electron chi connectivity index (χ2n) is 7.35. The van der Waals surface area contributed by atoms with E-state index in [-0.39, 0.29) is 27.3 Å². The van der Waals surface area contributed by atoms with Gasteiger partial charge in [0, 0.05) is 18.4 Å². The zero-order valence-corrected chi connectivity index (χ0v) is 20.5. The minimum Gasteiger partial charge on any atom is -0.350 e. The minimum atomic E-state index is -0.348. The van der Waals surface area contributed by atoms with Gasteiger partial charge in [0.05, 0.1) is 14.8 Å². The Balaban J connectivity index is 2.53. The Morgan fingerprint density at radius 1 is 1.32 bits per heavy atom. The standard InChI is InChI=1S/C22H30Br2N2O2/c1-6-9-12-16-17(19(27)18(23)14(4)26(16)5)21(28)25-20-15(7-2)11-10-13-22(20,24)8-3/h10-11,13,20H,6-9,12H2,1-5H3,(H,25,28). The summed E-state index contributed by atoms with van der Waals surface area (Å²) in [5, 5.41) is 3.17. The lowest BCUT2D eigenvalue weighted by Crippen LogP contribution is -2.51. The summed E-state index contributed by atoms with van der Waals surface area (Å²) in [6.45, 7) is 8.18. The monoisotopic (exact) mass is 512 g/mol. The molecule has 28 heavy (non-hydrogen) atoms. The van der Waals surface area contributed by atoms with Gasteiger partial charge in [-0.15, -0.1) is 0 Å². The van der Waals surface area contributed by atoms with Crippen LogP contribution in [0.25, 0.3) is 0 Å². The van der Waals surface area contributed by atoms with E-state index in [0.717, 1.165) is 42.6 Å². The number of alkyl halides is 1. The number of hydrogen-bond donors (Lipinski definition) is 1. The maximum absolute atomic E-state index is 13.4. The van der Waals surface area contributed by atoms with E-state index in [0.29, 0.717) is 10.9 Å². The number of rotatable bonds is 7. The molecule has 1 aromatic rings. The molecule has 0 spiro atoms. The highest BCUT2D eigenvalue weighted by Crippen LogP contribution is 2.36. The largest absolute Gasteiger partial charge is 0.350 e. The summed E-state index contributed by atoms with van der Waals surface area (Å²) in [4.78, 5) is 26.4. The number of nitrogens with zero attached hydrogens (tertiary/aromatic N) is 1. The highest BCUT2D eigenvalue weighted by molar-refractivity contribution is 9.10. The molecule has 0 aromatic carbocycles. The summed E-state index contributed by atoms with van der Waals surface area (Å²) < 4.78 is 2.07. The Labute approximate surface area is 184 Å². The van der Waals surface area contributed by atoms with Gasteiger partial charge in [-0.1, -0.05) is 61.4 Å². The quantitative estimate of drug-likeness (QED) is 0.500. The van der Waals surface area contributed by atoms with Crippen LogP contribution in [0.5, 0.6) is 0 Å². The summed E-state index contributed by atoms with van der Waals surface area (Å²) in [7, 11) is 1.92. The van der Waals surface area contributed by atoms with Crippen LogP contribution < -0.4 is 10.7 Å². The third kappa shape index (κ3) is 4.38. The Morgan fingerprint density at radius 3 is 2.57 bits per heavy atom. The number of carbonyl (C=O) groups excluding carboxylic acids is 1. The van der Waals surface area contributed by atoms with Crippen LogP contribution in [-0.4, -0.2) is 20.8 Å². The molecule has 0 bridgehead atoms. The molecule has 2 rings (SSSR count). The molecule has 1 aromatic heterocycles. The summed E-state index contributed by atoms with van der Waals surface area (Å²) in [5.41, 5.74) is 2.81. The van der Waals surface area contributed by atoms with Gasteiger partial charge < -0.3 is 9.88 Å². The molecule has 2 atom stereocenters. The molecule has 1 heterocycles. The van der Waals surface area contributed by atoms with Crippen molar-refractivity contribution in [2.45, 2.75) is 70.2 Å². The zero-order chi connectivity index (χ0) is 21.1. The third-order valence-corrected chi connectivity index (χ3v) is 7.91. The van der Waals surface area contributed by atoms with Crippen LogP contribution >= 0.6 is 31.9 Å². The normalized spacial score (nSPS) is 21.5. The first-order valence-electron chi connectivity index (χ1n) is 9.97. The van der Waals surface area contributed by atoms with Crippen molar-refractivity contribution in [2.75, 3.05) is 0 Å². The lowest BCUT2D eigenvalue weighted by molar-refractivity contribution is 0.0934. The molecule has 1 aliphatic rings. The number of halogens is 2. The maximum atomic E-state index is 13.4. The van der Waals surface area contributed by atoms with Crippen LogP contribution in [0, 0.1) is 6.92 Å². The summed E-state index contributed by atoms with van der Waals surface area (Å²) in [6, 6.07) is -0.191. The summed E-state index contributed by atoms with van der Waals surface area (Å²) in [5.74, 6) is -0.302. The number of carbonyl (C=O) groups is 1. The Kier molecular flexibility index (Phi) is 7.91. The average Bonchev–Trinajstić information content (AvgIpc) is 2.69. The molecule has 0 radical (unpaired) electrons. The number of hydrogen-bond acceptors (Lipinski definition) is 2. The Hall–Kier alpha value is -1.14. The molecule has 0 saturated carbocycles. The lowest BCUT2D eigenvalue weighted by Gasteiger charge is -2.37. The van der Waals surface area contributed by atoms with Crippen molar-refractivity contribution in [3.05, 3.63) is 55.4 Å². The van der Waals surface area contributed by atoms with Crippen molar-refractivity contribution < 1.29 is 4.79 Å². The van der Waals surface area contributed by atoms with Crippen LogP contribution in [0.15, 0.2) is 33.1 Å². The number of pyridine rings is 1. The van der Waals surface area contributed by atoms with E-state index in [4.69, 9.17) is 0 Å². The van der Waals surface area contributed by atoms with Crippen molar-refractivity contribution in [1.82, 2.24) is 9.88 Å². The predicted octanol–water partition coefficient (Wildman–Crippen LogP) is 5.35. The van der Waals surface area contributed by atoms with Gasteiger partial charge in [-0.3, -0.25) is 9.59 Å². The molecule has 0 fully saturated rings. The topological polar surface area (TPSA) is 51.1 Å². The number of aromatic nitrogens is 1. The van der Waals surface area contributed by atoms with Gasteiger partial charge in [0.25, 0.3) is 5.91 Å². The second kappa shape index (κ2) is 9.57. The first-order valence-corrected chi connectivity index (χ1v) is 11.6. The van der Waals surface area contributed by atoms with E-state index in [1.165, 1.54) is 0 Å². The number of nitrogens with one attached hydrogen (secondary N) is 1. The smallest absolute Gasteiger partial charge is 0.257 e. The molecule has 1 amide bonds. The van der Waals surface area contributed by atoms with Crippen molar-refractivity contribution >= 4 is 37.8 Å². The lowest BCUT2D eigenvalue weighted by atomic mass is 9.85. The van der Waals surface area contributed by atoms with Gasteiger partial charge >= 0.3 is 0 Å². The van der Waals surface area contributed by atoms with Gasteiger partial charge in [0.15, 0.2) is 0 Å². The third-order valence-electron chi connectivity index (χ3n) is 5.69. The highest BCUT2D eigenvalue weighted by atomic mass is 79.9. The van der Waals surface area contributed by atoms with Crippen molar-refractivity contribution in [1.29, 1.82) is 0 Å². The molecule has 0 aliphatic heterocycles. The molecule has 1 aliphatic carbocycles. The fourth-order valence-corrected chi connectivity index (χ4v) is 4.71. The van der Waals surface area contributed by atoms with Gasteiger partial charge in [-0.2, -0.15) is 0 Å². The van der Waals surface area contributed by atoms with Crippen LogP contribution in [0.3, 0.4) is 0 Å². The van der Waals surface area contributed by atoms with E-state index in [1.807, 2.05) is 24.6 Å². The number of unbranched alkanes of at least 4 members (excludes halogenated alkanes) is 1. The fourth-order valence-electron chi connectivity index (χ4n) is 3.69. The van der Waals surface area contributed by atoms with Gasteiger partial charge in [-0.05, 0) is 54.1 Å². The molecule has 4 nitrogen and oxygen atoms in total. The van der Waals surface area contributed by atoms with Crippen LogP contribution in [0.2, 0.25) is 0 Å².